The van der Waals surface area contributed by atoms with Gasteiger partial charge in [-0.25, -0.2) is 9.37 Å². The summed E-state index contributed by atoms with van der Waals surface area (Å²) in [5.74, 6) is 0.622. The van der Waals surface area contributed by atoms with E-state index in [0.717, 1.165) is 47.4 Å². The molecule has 2 aliphatic rings. The SMILES string of the molecule is COc1cc(C(=O)N2CCC[C@@H](N)C2)cc2nc(-c3cc4cc(F)c(Cl)cc4n3CC3CC3)c(C)n12. The minimum Gasteiger partial charge on any atom is -0.482 e. The number of pyridine rings is 1. The van der Waals surface area contributed by atoms with Crippen LogP contribution in [-0.2, 0) is 6.54 Å². The molecule has 2 fully saturated rings. The van der Waals surface area contributed by atoms with Crippen LogP contribution in [0.3, 0.4) is 0 Å². The third-order valence-corrected chi connectivity index (χ3v) is 7.73. The van der Waals surface area contributed by atoms with Crippen molar-refractivity contribution >= 4 is 34.1 Å². The van der Waals surface area contributed by atoms with Crippen LogP contribution in [0.4, 0.5) is 4.39 Å². The van der Waals surface area contributed by atoms with Gasteiger partial charge in [-0.1, -0.05) is 11.6 Å². The number of rotatable bonds is 5. The van der Waals surface area contributed by atoms with Gasteiger partial charge in [-0.05, 0) is 62.8 Å². The summed E-state index contributed by atoms with van der Waals surface area (Å²) in [7, 11) is 1.59. The first-order valence-electron chi connectivity index (χ1n) is 12.4. The average Bonchev–Trinajstić information content (AvgIpc) is 3.55. The molecule has 0 radical (unpaired) electrons. The van der Waals surface area contributed by atoms with Crippen molar-refractivity contribution in [2.75, 3.05) is 20.2 Å². The molecule has 1 aliphatic carbocycles. The Bertz CT molecular complexity index is 1510. The largest absolute Gasteiger partial charge is 0.482 e. The average molecular weight is 510 g/mol. The van der Waals surface area contributed by atoms with Crippen LogP contribution >= 0.6 is 11.6 Å². The van der Waals surface area contributed by atoms with Crippen LogP contribution in [0.5, 0.6) is 5.88 Å². The van der Waals surface area contributed by atoms with Crippen LogP contribution in [-0.4, -0.2) is 51.0 Å². The van der Waals surface area contributed by atoms with E-state index in [1.54, 1.807) is 19.2 Å². The van der Waals surface area contributed by atoms with Crippen molar-refractivity contribution in [2.45, 2.75) is 45.2 Å². The van der Waals surface area contributed by atoms with E-state index in [2.05, 4.69) is 4.57 Å². The number of halogens is 2. The monoisotopic (exact) mass is 509 g/mol. The molecule has 188 valence electrons. The highest BCUT2D eigenvalue weighted by Crippen LogP contribution is 2.38. The van der Waals surface area contributed by atoms with Crippen LogP contribution in [0.25, 0.3) is 27.9 Å². The van der Waals surface area contributed by atoms with E-state index >= 15 is 0 Å². The number of likely N-dealkylation sites (tertiary alicyclic amines) is 1. The van der Waals surface area contributed by atoms with Crippen molar-refractivity contribution in [3.63, 3.8) is 0 Å². The van der Waals surface area contributed by atoms with Gasteiger partial charge in [0.1, 0.15) is 17.2 Å². The number of carbonyl (C=O) groups excluding carboxylic acids is 1. The van der Waals surface area contributed by atoms with E-state index in [-0.39, 0.29) is 17.0 Å². The standard InChI is InChI=1S/C27H29ClFN5O2/c1-15-26(23-9-17-8-21(29)20(28)12-22(17)33(23)13-16-5-6-16)31-24-10-18(11-25(36-2)34(15)24)27(35)32-7-3-4-19(30)14-32/h8-12,16,19H,3-7,13-14,30H2,1-2H3/t19-/m1/s1. The maximum Gasteiger partial charge on any atom is 0.254 e. The van der Waals surface area contributed by atoms with Gasteiger partial charge in [-0.15, -0.1) is 0 Å². The number of methoxy groups -OCH3 is 1. The van der Waals surface area contributed by atoms with E-state index in [1.807, 2.05) is 28.4 Å². The van der Waals surface area contributed by atoms with Crippen molar-refractivity contribution in [1.82, 2.24) is 18.9 Å². The third-order valence-electron chi connectivity index (χ3n) is 7.44. The minimum atomic E-state index is -0.437. The molecule has 1 atom stereocenters. The number of imidazole rings is 1. The Balaban J connectivity index is 1.49. The molecule has 0 spiro atoms. The summed E-state index contributed by atoms with van der Waals surface area (Å²) in [5.41, 5.74) is 10.7. The predicted octanol–water partition coefficient (Wildman–Crippen LogP) is 5.04. The first kappa shape index (κ1) is 23.3. The van der Waals surface area contributed by atoms with Crippen molar-refractivity contribution < 1.29 is 13.9 Å². The zero-order chi connectivity index (χ0) is 25.1. The van der Waals surface area contributed by atoms with Gasteiger partial charge in [0.2, 0.25) is 0 Å². The van der Waals surface area contributed by atoms with E-state index in [9.17, 15) is 9.18 Å². The summed E-state index contributed by atoms with van der Waals surface area (Å²) >= 11 is 6.15. The molecule has 1 aromatic carbocycles. The number of benzene rings is 1. The Morgan fingerprint density at radius 3 is 2.75 bits per heavy atom. The molecule has 9 heteroatoms. The van der Waals surface area contributed by atoms with Gasteiger partial charge in [-0.3, -0.25) is 9.20 Å². The molecule has 0 unspecified atom stereocenters. The Morgan fingerprint density at radius 2 is 2.03 bits per heavy atom. The number of ether oxygens (including phenoxy) is 1. The van der Waals surface area contributed by atoms with Gasteiger partial charge in [0, 0.05) is 42.7 Å². The maximum absolute atomic E-state index is 14.3. The fourth-order valence-electron chi connectivity index (χ4n) is 5.38. The lowest BCUT2D eigenvalue weighted by Crippen LogP contribution is -2.45. The van der Waals surface area contributed by atoms with Crippen LogP contribution in [0.2, 0.25) is 5.02 Å². The number of aryl methyl sites for hydroxylation is 1. The quantitative estimate of drug-likeness (QED) is 0.409. The van der Waals surface area contributed by atoms with Crippen LogP contribution in [0.15, 0.2) is 30.3 Å². The molecule has 3 aromatic heterocycles. The van der Waals surface area contributed by atoms with E-state index in [1.165, 1.54) is 18.9 Å². The highest BCUT2D eigenvalue weighted by atomic mass is 35.5. The smallest absolute Gasteiger partial charge is 0.254 e. The van der Waals surface area contributed by atoms with Crippen molar-refractivity contribution in [1.29, 1.82) is 0 Å². The molecule has 36 heavy (non-hydrogen) atoms. The number of nitrogens with two attached hydrogens (primary N) is 1. The summed E-state index contributed by atoms with van der Waals surface area (Å²) in [6.45, 7) is 4.05. The van der Waals surface area contributed by atoms with Gasteiger partial charge in [0.05, 0.1) is 29.0 Å². The summed E-state index contributed by atoms with van der Waals surface area (Å²) < 4.78 is 24.1. The number of nitrogens with zero attached hydrogens (tertiary/aromatic N) is 4. The Kier molecular flexibility index (Phi) is 5.68. The lowest BCUT2D eigenvalue weighted by molar-refractivity contribution is 0.0708. The topological polar surface area (TPSA) is 77.8 Å². The predicted molar refractivity (Wildman–Crippen MR) is 138 cm³/mol. The van der Waals surface area contributed by atoms with Gasteiger partial charge >= 0.3 is 0 Å². The number of piperidine rings is 1. The summed E-state index contributed by atoms with van der Waals surface area (Å²) in [6.07, 6.45) is 4.18. The fraction of sp³-hybridized carbons (Fsp3) is 0.407. The number of hydrogen-bond acceptors (Lipinski definition) is 4. The van der Waals surface area contributed by atoms with Gasteiger partial charge < -0.3 is 19.9 Å². The number of hydrogen-bond donors (Lipinski definition) is 1. The third kappa shape index (κ3) is 3.92. The van der Waals surface area contributed by atoms with E-state index < -0.39 is 5.82 Å². The molecule has 0 bridgehead atoms. The van der Waals surface area contributed by atoms with E-state index in [0.29, 0.717) is 36.1 Å². The number of aromatic nitrogens is 3. The molecular formula is C27H29ClFN5O2. The summed E-state index contributed by atoms with van der Waals surface area (Å²) in [5, 5.41) is 0.895. The first-order valence-corrected chi connectivity index (χ1v) is 12.8. The molecule has 1 saturated heterocycles. The maximum atomic E-state index is 14.3. The zero-order valence-electron chi connectivity index (χ0n) is 20.4. The second kappa shape index (κ2) is 8.78. The normalized spacial score (nSPS) is 18.4. The van der Waals surface area contributed by atoms with Crippen molar-refractivity contribution in [3.8, 4) is 17.3 Å². The van der Waals surface area contributed by atoms with Crippen molar-refractivity contribution in [2.24, 2.45) is 11.7 Å². The Hall–Kier alpha value is -3.10. The minimum absolute atomic E-state index is 0.000302. The highest BCUT2D eigenvalue weighted by Gasteiger charge is 2.28. The van der Waals surface area contributed by atoms with Gasteiger partial charge in [-0.2, -0.15) is 0 Å². The highest BCUT2D eigenvalue weighted by molar-refractivity contribution is 6.31. The molecule has 1 saturated carbocycles. The van der Waals surface area contributed by atoms with Crippen LogP contribution < -0.4 is 10.5 Å². The Labute approximate surface area is 213 Å². The number of amides is 1. The fourth-order valence-corrected chi connectivity index (χ4v) is 5.54. The van der Waals surface area contributed by atoms with Gasteiger partial charge in [0.15, 0.2) is 5.88 Å². The van der Waals surface area contributed by atoms with Crippen LogP contribution in [0.1, 0.15) is 41.7 Å². The van der Waals surface area contributed by atoms with Crippen molar-refractivity contribution in [3.05, 3.63) is 52.4 Å². The molecular weight excluding hydrogens is 481 g/mol. The molecule has 1 aliphatic heterocycles. The van der Waals surface area contributed by atoms with E-state index in [4.69, 9.17) is 27.1 Å². The molecule has 7 nitrogen and oxygen atoms in total. The molecule has 1 amide bonds. The molecule has 2 N–H and O–H groups in total. The number of carbonyl (C=O) groups is 1. The lowest BCUT2D eigenvalue weighted by atomic mass is 10.1. The second-order valence-corrected chi connectivity index (χ2v) is 10.5. The number of fused-ring (bicyclic) bond motifs is 2. The molecule has 4 aromatic rings. The van der Waals surface area contributed by atoms with Gasteiger partial charge in [0.25, 0.3) is 5.91 Å². The molecule has 6 rings (SSSR count). The second-order valence-electron chi connectivity index (χ2n) is 10.1. The molecule has 4 heterocycles. The summed E-state index contributed by atoms with van der Waals surface area (Å²) in [4.78, 5) is 20.1. The lowest BCUT2D eigenvalue weighted by Gasteiger charge is -2.30. The summed E-state index contributed by atoms with van der Waals surface area (Å²) in [6, 6.07) is 8.73. The zero-order valence-corrected chi connectivity index (χ0v) is 21.2. The first-order chi connectivity index (χ1) is 17.3. The Morgan fingerprint density at radius 1 is 1.22 bits per heavy atom. The van der Waals surface area contributed by atoms with Crippen LogP contribution in [0, 0.1) is 18.7 Å².